The molecule has 5 heteroatoms. The van der Waals surface area contributed by atoms with E-state index in [0.717, 1.165) is 6.42 Å². The Labute approximate surface area is 82.1 Å². The third-order valence-electron chi connectivity index (χ3n) is 1.88. The predicted octanol–water partition coefficient (Wildman–Crippen LogP) is 2.50. The van der Waals surface area contributed by atoms with Crippen LogP contribution in [0.3, 0.4) is 0 Å². The number of rotatable bonds is 6. The van der Waals surface area contributed by atoms with Gasteiger partial charge >= 0.3 is 6.18 Å². The minimum atomic E-state index is -4.32. The van der Waals surface area contributed by atoms with Crippen LogP contribution < -0.4 is 0 Å². The summed E-state index contributed by atoms with van der Waals surface area (Å²) in [5, 5.41) is 9.41. The summed E-state index contributed by atoms with van der Waals surface area (Å²) in [6, 6.07) is 0. The number of ether oxygens (including phenoxy) is 1. The second-order valence-corrected chi connectivity index (χ2v) is 3.23. The van der Waals surface area contributed by atoms with Crippen LogP contribution in [0.2, 0.25) is 0 Å². The summed E-state index contributed by atoms with van der Waals surface area (Å²) in [7, 11) is 0. The average Bonchev–Trinajstić information content (AvgIpc) is 2.03. The molecule has 0 heterocycles. The molecule has 0 aromatic heterocycles. The van der Waals surface area contributed by atoms with E-state index in [4.69, 9.17) is 0 Å². The minimum absolute atomic E-state index is 0.386. The van der Waals surface area contributed by atoms with E-state index < -0.39 is 25.0 Å². The fourth-order valence-corrected chi connectivity index (χ4v) is 1.18. The van der Waals surface area contributed by atoms with Crippen molar-refractivity contribution in [2.75, 3.05) is 6.61 Å². The van der Waals surface area contributed by atoms with Crippen molar-refractivity contribution in [1.82, 2.24) is 0 Å². The smallest absolute Gasteiger partial charge is 0.390 e. The van der Waals surface area contributed by atoms with Crippen LogP contribution in [-0.2, 0) is 4.74 Å². The van der Waals surface area contributed by atoms with Crippen LogP contribution in [0.4, 0.5) is 13.2 Å². The van der Waals surface area contributed by atoms with Gasteiger partial charge in [0.1, 0.15) is 6.61 Å². The average molecular weight is 214 g/mol. The zero-order valence-electron chi connectivity index (χ0n) is 8.47. The van der Waals surface area contributed by atoms with Crippen molar-refractivity contribution in [3.8, 4) is 0 Å². The van der Waals surface area contributed by atoms with Crippen molar-refractivity contribution < 1.29 is 23.0 Å². The number of hydrogen-bond acceptors (Lipinski definition) is 2. The van der Waals surface area contributed by atoms with E-state index in [0.29, 0.717) is 12.8 Å². The molecule has 0 aromatic carbocycles. The van der Waals surface area contributed by atoms with Gasteiger partial charge < -0.3 is 9.84 Å². The Morgan fingerprint density at radius 2 is 1.86 bits per heavy atom. The maximum absolute atomic E-state index is 11.8. The Kier molecular flexibility index (Phi) is 6.11. The quantitative estimate of drug-likeness (QED) is 0.736. The largest absolute Gasteiger partial charge is 0.411 e. The van der Waals surface area contributed by atoms with Crippen LogP contribution in [-0.4, -0.2) is 30.1 Å². The molecule has 2 atom stereocenters. The predicted molar refractivity (Wildman–Crippen MR) is 47.0 cm³/mol. The summed E-state index contributed by atoms with van der Waals surface area (Å²) in [4.78, 5) is 0. The molecule has 0 saturated carbocycles. The molecule has 0 spiro atoms. The van der Waals surface area contributed by atoms with Crippen LogP contribution >= 0.6 is 0 Å². The lowest BCUT2D eigenvalue weighted by atomic mass is 10.1. The van der Waals surface area contributed by atoms with Gasteiger partial charge in [0.25, 0.3) is 0 Å². The van der Waals surface area contributed by atoms with Crippen molar-refractivity contribution in [2.24, 2.45) is 0 Å². The molecule has 0 aliphatic rings. The first-order chi connectivity index (χ1) is 6.40. The topological polar surface area (TPSA) is 29.5 Å². The van der Waals surface area contributed by atoms with Crippen LogP contribution in [0.15, 0.2) is 0 Å². The molecule has 86 valence electrons. The molecule has 0 bridgehead atoms. The monoisotopic (exact) mass is 214 g/mol. The maximum Gasteiger partial charge on any atom is 0.411 e. The lowest BCUT2D eigenvalue weighted by molar-refractivity contribution is -0.195. The molecule has 0 aliphatic carbocycles. The van der Waals surface area contributed by atoms with Gasteiger partial charge in [-0.1, -0.05) is 20.3 Å². The Morgan fingerprint density at radius 3 is 2.21 bits per heavy atom. The van der Waals surface area contributed by atoms with Crippen molar-refractivity contribution in [1.29, 1.82) is 0 Å². The van der Waals surface area contributed by atoms with Crippen molar-refractivity contribution in [3.63, 3.8) is 0 Å². The standard InChI is InChI=1S/C9H17F3O2/c1-3-5-7(13)8(4-2)14-6-9(10,11)12/h7-8,13H,3-6H2,1-2H3. The zero-order chi connectivity index (χ0) is 11.2. The number of hydrogen-bond donors (Lipinski definition) is 1. The second kappa shape index (κ2) is 6.24. The fourth-order valence-electron chi connectivity index (χ4n) is 1.18. The SMILES string of the molecule is CCCC(O)C(CC)OCC(F)(F)F. The van der Waals surface area contributed by atoms with Gasteiger partial charge in [-0.15, -0.1) is 0 Å². The second-order valence-electron chi connectivity index (χ2n) is 3.23. The molecular weight excluding hydrogens is 197 g/mol. The van der Waals surface area contributed by atoms with Gasteiger partial charge in [0, 0.05) is 0 Å². The van der Waals surface area contributed by atoms with E-state index in [9.17, 15) is 18.3 Å². The molecule has 0 aromatic rings. The molecule has 0 aliphatic heterocycles. The van der Waals surface area contributed by atoms with Crippen molar-refractivity contribution >= 4 is 0 Å². The zero-order valence-corrected chi connectivity index (χ0v) is 8.47. The highest BCUT2D eigenvalue weighted by molar-refractivity contribution is 4.67. The van der Waals surface area contributed by atoms with Gasteiger partial charge in [-0.25, -0.2) is 0 Å². The molecule has 14 heavy (non-hydrogen) atoms. The van der Waals surface area contributed by atoms with E-state index in [1.165, 1.54) is 0 Å². The van der Waals surface area contributed by atoms with E-state index >= 15 is 0 Å². The molecule has 0 radical (unpaired) electrons. The first-order valence-corrected chi connectivity index (χ1v) is 4.77. The molecule has 2 unspecified atom stereocenters. The van der Waals surface area contributed by atoms with Crippen molar-refractivity contribution in [3.05, 3.63) is 0 Å². The normalized spacial score (nSPS) is 16.7. The number of alkyl halides is 3. The first kappa shape index (κ1) is 13.7. The van der Waals surface area contributed by atoms with Crippen LogP contribution in [0.5, 0.6) is 0 Å². The van der Waals surface area contributed by atoms with Gasteiger partial charge in [0.05, 0.1) is 12.2 Å². The first-order valence-electron chi connectivity index (χ1n) is 4.77. The van der Waals surface area contributed by atoms with Crippen molar-refractivity contribution in [2.45, 2.75) is 51.5 Å². The summed E-state index contributed by atoms with van der Waals surface area (Å²) in [6.45, 7) is 2.27. The highest BCUT2D eigenvalue weighted by Crippen LogP contribution is 2.18. The van der Waals surface area contributed by atoms with Gasteiger partial charge in [0.2, 0.25) is 0 Å². The van der Waals surface area contributed by atoms with Crippen LogP contribution in [0.25, 0.3) is 0 Å². The lowest BCUT2D eigenvalue weighted by Crippen LogP contribution is -2.32. The Morgan fingerprint density at radius 1 is 1.29 bits per heavy atom. The summed E-state index contributed by atoms with van der Waals surface area (Å²) in [5.41, 5.74) is 0. The molecule has 2 nitrogen and oxygen atoms in total. The highest BCUT2D eigenvalue weighted by Gasteiger charge is 2.30. The van der Waals surface area contributed by atoms with Gasteiger partial charge in [-0.2, -0.15) is 13.2 Å². The van der Waals surface area contributed by atoms with Gasteiger partial charge in [-0.3, -0.25) is 0 Å². The highest BCUT2D eigenvalue weighted by atomic mass is 19.4. The summed E-state index contributed by atoms with van der Waals surface area (Å²) in [6.07, 6.45) is -4.25. The van der Waals surface area contributed by atoms with Crippen LogP contribution in [0, 0.1) is 0 Å². The third-order valence-corrected chi connectivity index (χ3v) is 1.88. The number of halogens is 3. The van der Waals surface area contributed by atoms with Crippen LogP contribution in [0.1, 0.15) is 33.1 Å². The summed E-state index contributed by atoms with van der Waals surface area (Å²) >= 11 is 0. The van der Waals surface area contributed by atoms with E-state index in [1.54, 1.807) is 6.92 Å². The van der Waals surface area contributed by atoms with E-state index in [-0.39, 0.29) is 0 Å². The molecule has 1 N–H and O–H groups in total. The summed E-state index contributed by atoms with van der Waals surface area (Å²) < 4.78 is 40.0. The molecular formula is C9H17F3O2. The number of aliphatic hydroxyl groups is 1. The van der Waals surface area contributed by atoms with E-state index in [2.05, 4.69) is 4.74 Å². The maximum atomic E-state index is 11.8. The van der Waals surface area contributed by atoms with Gasteiger partial charge in [0.15, 0.2) is 0 Å². The Bertz CT molecular complexity index is 147. The Hall–Kier alpha value is -0.290. The van der Waals surface area contributed by atoms with E-state index in [1.807, 2.05) is 6.92 Å². The Balaban J connectivity index is 3.90. The molecule has 0 fully saturated rings. The lowest BCUT2D eigenvalue weighted by Gasteiger charge is -2.22. The molecule has 0 rings (SSSR count). The number of aliphatic hydroxyl groups excluding tert-OH is 1. The minimum Gasteiger partial charge on any atom is -0.390 e. The molecule has 0 saturated heterocycles. The fraction of sp³-hybridized carbons (Fsp3) is 1.00. The summed E-state index contributed by atoms with van der Waals surface area (Å²) in [5.74, 6) is 0. The third kappa shape index (κ3) is 6.21. The molecule has 0 amide bonds. The van der Waals surface area contributed by atoms with Gasteiger partial charge in [-0.05, 0) is 12.8 Å².